The van der Waals surface area contributed by atoms with Crippen molar-refractivity contribution >= 4 is 5.82 Å². The topological polar surface area (TPSA) is 43.8 Å². The average Bonchev–Trinajstić information content (AvgIpc) is 2.54. The molecule has 1 heterocycles. The maximum absolute atomic E-state index is 5.84. The molecule has 3 heteroatoms. The molecule has 2 N–H and O–H groups in total. The van der Waals surface area contributed by atoms with E-state index in [1.165, 1.54) is 11.1 Å². The van der Waals surface area contributed by atoms with Gasteiger partial charge >= 0.3 is 0 Å². The fourth-order valence-corrected chi connectivity index (χ4v) is 2.32. The summed E-state index contributed by atoms with van der Waals surface area (Å²) >= 11 is 0. The second-order valence-corrected chi connectivity index (χ2v) is 5.28. The quantitative estimate of drug-likeness (QED) is 0.899. The first-order valence-electron chi connectivity index (χ1n) is 6.37. The number of aromatic nitrogens is 2. The Morgan fingerprint density at radius 2 is 1.83 bits per heavy atom. The van der Waals surface area contributed by atoms with E-state index in [2.05, 4.69) is 43.2 Å². The zero-order chi connectivity index (χ0) is 13.3. The van der Waals surface area contributed by atoms with Crippen molar-refractivity contribution in [2.45, 2.75) is 27.2 Å². The van der Waals surface area contributed by atoms with Crippen LogP contribution in [0.4, 0.5) is 5.82 Å². The van der Waals surface area contributed by atoms with Crippen molar-refractivity contribution in [2.24, 2.45) is 13.0 Å². The summed E-state index contributed by atoms with van der Waals surface area (Å²) in [5.74, 6) is 1.30. The maximum Gasteiger partial charge on any atom is 0.148 e. The molecule has 0 unspecified atom stereocenters. The largest absolute Gasteiger partial charge is 0.382 e. The molecular weight excluding hydrogens is 222 g/mol. The zero-order valence-corrected chi connectivity index (χ0v) is 11.6. The molecule has 0 atom stereocenters. The second kappa shape index (κ2) is 4.84. The third-order valence-corrected chi connectivity index (χ3v) is 3.19. The number of nitrogens with two attached hydrogens (primary N) is 1. The standard InChI is InChI=1S/C15H21N3/c1-10(2)9-12-5-7-13(8-6-12)14-11(3)15(16)17-18(14)4/h5-8,10H,9H2,1-4H3,(H2,16,17). The van der Waals surface area contributed by atoms with Crippen molar-refractivity contribution in [2.75, 3.05) is 5.73 Å². The van der Waals surface area contributed by atoms with E-state index in [1.807, 2.05) is 18.7 Å². The van der Waals surface area contributed by atoms with E-state index in [-0.39, 0.29) is 0 Å². The third-order valence-electron chi connectivity index (χ3n) is 3.19. The van der Waals surface area contributed by atoms with Gasteiger partial charge in [-0.25, -0.2) is 0 Å². The summed E-state index contributed by atoms with van der Waals surface area (Å²) in [6.07, 6.45) is 1.12. The molecule has 1 aromatic carbocycles. The summed E-state index contributed by atoms with van der Waals surface area (Å²) in [5.41, 5.74) is 10.5. The van der Waals surface area contributed by atoms with Gasteiger partial charge in [-0.1, -0.05) is 38.1 Å². The first kappa shape index (κ1) is 12.7. The van der Waals surface area contributed by atoms with Crippen LogP contribution in [0.1, 0.15) is 25.0 Å². The summed E-state index contributed by atoms with van der Waals surface area (Å²) in [6.45, 7) is 6.49. The third kappa shape index (κ3) is 2.40. The van der Waals surface area contributed by atoms with E-state index in [0.717, 1.165) is 17.7 Å². The van der Waals surface area contributed by atoms with Crippen molar-refractivity contribution in [3.05, 3.63) is 35.4 Å². The first-order valence-corrected chi connectivity index (χ1v) is 6.37. The number of nitrogens with zero attached hydrogens (tertiary/aromatic N) is 2. The lowest BCUT2D eigenvalue weighted by Crippen LogP contribution is -1.96. The molecule has 0 aliphatic carbocycles. The van der Waals surface area contributed by atoms with Gasteiger partial charge in [-0.3, -0.25) is 4.68 Å². The summed E-state index contributed by atoms with van der Waals surface area (Å²) in [6, 6.07) is 8.69. The van der Waals surface area contributed by atoms with Crippen LogP contribution in [0.2, 0.25) is 0 Å². The molecule has 0 saturated heterocycles. The van der Waals surface area contributed by atoms with Gasteiger partial charge in [0.2, 0.25) is 0 Å². The predicted molar refractivity (Wildman–Crippen MR) is 76.3 cm³/mol. The molecule has 0 amide bonds. The Balaban J connectivity index is 2.34. The highest BCUT2D eigenvalue weighted by molar-refractivity contribution is 5.68. The van der Waals surface area contributed by atoms with Gasteiger partial charge in [-0.15, -0.1) is 0 Å². The van der Waals surface area contributed by atoms with Crippen LogP contribution >= 0.6 is 0 Å². The van der Waals surface area contributed by atoms with Crippen LogP contribution in [-0.2, 0) is 13.5 Å². The number of anilines is 1. The van der Waals surface area contributed by atoms with Crippen molar-refractivity contribution in [3.8, 4) is 11.3 Å². The van der Waals surface area contributed by atoms with Crippen molar-refractivity contribution in [1.29, 1.82) is 0 Å². The molecule has 0 fully saturated rings. The SMILES string of the molecule is Cc1c(N)nn(C)c1-c1ccc(CC(C)C)cc1. The van der Waals surface area contributed by atoms with Gasteiger partial charge in [0.05, 0.1) is 5.69 Å². The predicted octanol–water partition coefficient (Wildman–Crippen LogP) is 3.18. The number of benzene rings is 1. The van der Waals surface area contributed by atoms with Crippen LogP contribution in [-0.4, -0.2) is 9.78 Å². The highest BCUT2D eigenvalue weighted by Gasteiger charge is 2.11. The van der Waals surface area contributed by atoms with Crippen molar-refractivity contribution < 1.29 is 0 Å². The number of hydrogen-bond donors (Lipinski definition) is 1. The van der Waals surface area contributed by atoms with Crippen LogP contribution < -0.4 is 5.73 Å². The molecule has 18 heavy (non-hydrogen) atoms. The normalized spacial score (nSPS) is 11.2. The zero-order valence-electron chi connectivity index (χ0n) is 11.6. The van der Waals surface area contributed by atoms with Crippen molar-refractivity contribution in [1.82, 2.24) is 9.78 Å². The van der Waals surface area contributed by atoms with Gasteiger partial charge in [0.15, 0.2) is 0 Å². The molecule has 0 aliphatic rings. The lowest BCUT2D eigenvalue weighted by Gasteiger charge is -2.07. The Hall–Kier alpha value is -1.77. The monoisotopic (exact) mass is 243 g/mol. The van der Waals surface area contributed by atoms with Gasteiger partial charge in [-0.05, 0) is 24.8 Å². The summed E-state index contributed by atoms with van der Waals surface area (Å²) in [5, 5.41) is 4.25. The molecule has 2 rings (SSSR count). The number of rotatable bonds is 3. The van der Waals surface area contributed by atoms with Gasteiger partial charge < -0.3 is 5.73 Å². The number of hydrogen-bond acceptors (Lipinski definition) is 2. The fraction of sp³-hybridized carbons (Fsp3) is 0.400. The Morgan fingerprint density at radius 1 is 1.22 bits per heavy atom. The van der Waals surface area contributed by atoms with E-state index in [1.54, 1.807) is 0 Å². The first-order chi connectivity index (χ1) is 8.49. The molecule has 0 radical (unpaired) electrons. The lowest BCUT2D eigenvalue weighted by atomic mass is 10.00. The minimum Gasteiger partial charge on any atom is -0.382 e. The van der Waals surface area contributed by atoms with Crippen LogP contribution in [0.15, 0.2) is 24.3 Å². The maximum atomic E-state index is 5.84. The van der Waals surface area contributed by atoms with E-state index in [9.17, 15) is 0 Å². The molecule has 0 bridgehead atoms. The molecule has 3 nitrogen and oxygen atoms in total. The van der Waals surface area contributed by atoms with E-state index < -0.39 is 0 Å². The van der Waals surface area contributed by atoms with Gasteiger partial charge in [-0.2, -0.15) is 5.10 Å². The molecule has 0 spiro atoms. The van der Waals surface area contributed by atoms with Crippen LogP contribution in [0.25, 0.3) is 11.3 Å². The highest BCUT2D eigenvalue weighted by atomic mass is 15.3. The summed E-state index contributed by atoms with van der Waals surface area (Å²) in [4.78, 5) is 0. The Labute approximate surface area is 109 Å². The van der Waals surface area contributed by atoms with Gasteiger partial charge in [0.1, 0.15) is 5.82 Å². The van der Waals surface area contributed by atoms with E-state index in [0.29, 0.717) is 11.7 Å². The molecule has 1 aromatic heterocycles. The lowest BCUT2D eigenvalue weighted by molar-refractivity contribution is 0.647. The number of nitrogen functional groups attached to an aromatic ring is 1. The van der Waals surface area contributed by atoms with E-state index in [4.69, 9.17) is 5.73 Å². The smallest absolute Gasteiger partial charge is 0.148 e. The molecule has 2 aromatic rings. The summed E-state index contributed by atoms with van der Waals surface area (Å²) < 4.78 is 1.85. The van der Waals surface area contributed by atoms with Crippen LogP contribution in [0.3, 0.4) is 0 Å². The Bertz CT molecular complexity index is 536. The van der Waals surface area contributed by atoms with E-state index >= 15 is 0 Å². The van der Waals surface area contributed by atoms with Gasteiger partial charge in [0, 0.05) is 18.2 Å². The Kier molecular flexibility index (Phi) is 3.41. The van der Waals surface area contributed by atoms with Gasteiger partial charge in [0.25, 0.3) is 0 Å². The highest BCUT2D eigenvalue weighted by Crippen LogP contribution is 2.26. The molecule has 0 saturated carbocycles. The minimum absolute atomic E-state index is 0.610. The van der Waals surface area contributed by atoms with Crippen LogP contribution in [0.5, 0.6) is 0 Å². The second-order valence-electron chi connectivity index (χ2n) is 5.28. The molecule has 0 aliphatic heterocycles. The number of aryl methyl sites for hydroxylation is 1. The van der Waals surface area contributed by atoms with Crippen molar-refractivity contribution in [3.63, 3.8) is 0 Å². The average molecular weight is 243 g/mol. The van der Waals surface area contributed by atoms with Crippen LogP contribution in [0, 0.1) is 12.8 Å². The Morgan fingerprint density at radius 3 is 2.28 bits per heavy atom. The minimum atomic E-state index is 0.610. The summed E-state index contributed by atoms with van der Waals surface area (Å²) in [7, 11) is 1.93. The fourth-order valence-electron chi connectivity index (χ4n) is 2.32. The molecular formula is C15H21N3. The molecule has 96 valence electrons.